The number of amides is 4. The molecule has 3 atom stereocenters. The van der Waals surface area contributed by atoms with Crippen LogP contribution in [-0.2, 0) is 22.6 Å². The zero-order chi connectivity index (χ0) is 30.4. The highest BCUT2D eigenvalue weighted by atomic mass is 16.5. The van der Waals surface area contributed by atoms with E-state index in [1.807, 2.05) is 37.3 Å². The van der Waals surface area contributed by atoms with Crippen molar-refractivity contribution in [3.63, 3.8) is 0 Å². The summed E-state index contributed by atoms with van der Waals surface area (Å²) in [6, 6.07) is 12.8. The molecule has 4 amide bonds. The molecule has 0 saturated carbocycles. The Morgan fingerprint density at radius 3 is 2.40 bits per heavy atom. The maximum absolute atomic E-state index is 14.0. The van der Waals surface area contributed by atoms with Gasteiger partial charge in [0.25, 0.3) is 0 Å². The lowest BCUT2D eigenvalue weighted by molar-refractivity contribution is -0.187. The molecule has 0 aromatic heterocycles. The molecule has 0 radical (unpaired) electrons. The van der Waals surface area contributed by atoms with Crippen LogP contribution in [0.1, 0.15) is 18.1 Å². The number of carbonyl (C=O) groups is 3. The molecule has 222 valence electrons. The first-order valence-electron chi connectivity index (χ1n) is 13.9. The topological polar surface area (TPSA) is 106 Å². The molecular weight excluding hydrogens is 534 g/mol. The van der Waals surface area contributed by atoms with Gasteiger partial charge in [0.05, 0.1) is 20.2 Å². The predicted molar refractivity (Wildman–Crippen MR) is 160 cm³/mol. The summed E-state index contributed by atoms with van der Waals surface area (Å²) in [4.78, 5) is 44.4. The van der Waals surface area contributed by atoms with Gasteiger partial charge in [0.2, 0.25) is 11.8 Å². The number of piperazine rings is 1. The number of phenolic OH excluding ortho intramolecular Hbond substituents is 1. The highest BCUT2D eigenvalue weighted by Gasteiger charge is 2.50. The third-order valence-corrected chi connectivity index (χ3v) is 7.73. The summed E-state index contributed by atoms with van der Waals surface area (Å²) in [5.74, 6) is 0.357. The van der Waals surface area contributed by atoms with Crippen LogP contribution < -0.4 is 10.1 Å². The second-order valence-electron chi connectivity index (χ2n) is 10.6. The zero-order valence-electron chi connectivity index (χ0n) is 24.4. The number of rotatable bonds is 10. The third kappa shape index (κ3) is 6.66. The lowest BCUT2D eigenvalue weighted by Gasteiger charge is -2.54. The standard InChI is InChI=1S/C32H39N5O5/c1-6-8-25(7-2)22(3)19-35-20-29-36(28(31(35)40)17-23-9-13-26(38)14-10-23)30(39)21-34(4)37(29)32(41)33-18-24-11-15-27(42-5)16-12-24/h6-16,22,28-29,38H,1-2,17-21H2,3-5H3,(H,33,41)/b25-8+/t22?,28?,29-/m0/s1. The number of fused-ring (bicyclic) bond motifs is 1. The van der Waals surface area contributed by atoms with Crippen molar-refractivity contribution in [2.24, 2.45) is 5.92 Å². The number of benzene rings is 2. The van der Waals surface area contributed by atoms with E-state index >= 15 is 0 Å². The molecule has 2 aliphatic rings. The minimum atomic E-state index is -0.825. The molecule has 0 spiro atoms. The summed E-state index contributed by atoms with van der Waals surface area (Å²) in [6.07, 6.45) is 4.83. The highest BCUT2D eigenvalue weighted by molar-refractivity contribution is 5.91. The van der Waals surface area contributed by atoms with Crippen molar-refractivity contribution >= 4 is 17.8 Å². The van der Waals surface area contributed by atoms with Crippen LogP contribution in [0.2, 0.25) is 0 Å². The van der Waals surface area contributed by atoms with E-state index in [4.69, 9.17) is 4.74 Å². The summed E-state index contributed by atoms with van der Waals surface area (Å²) < 4.78 is 5.22. The average Bonchev–Trinajstić information content (AvgIpc) is 2.98. The number of hydrazine groups is 1. The number of aromatic hydroxyl groups is 1. The normalized spacial score (nSPS) is 20.2. The highest BCUT2D eigenvalue weighted by Crippen LogP contribution is 2.29. The molecule has 4 rings (SSSR count). The summed E-state index contributed by atoms with van der Waals surface area (Å²) in [6.45, 7) is 10.4. The summed E-state index contributed by atoms with van der Waals surface area (Å²) in [5.41, 5.74) is 2.61. The fourth-order valence-electron chi connectivity index (χ4n) is 5.53. The van der Waals surface area contributed by atoms with Crippen molar-refractivity contribution in [2.75, 3.05) is 33.8 Å². The lowest BCUT2D eigenvalue weighted by atomic mass is 9.95. The van der Waals surface area contributed by atoms with Gasteiger partial charge in [-0.05, 0) is 46.9 Å². The zero-order valence-corrected chi connectivity index (χ0v) is 24.4. The second kappa shape index (κ2) is 13.4. The number of urea groups is 1. The largest absolute Gasteiger partial charge is 0.508 e. The molecule has 42 heavy (non-hydrogen) atoms. The van der Waals surface area contributed by atoms with Gasteiger partial charge in [-0.1, -0.05) is 62.6 Å². The van der Waals surface area contributed by atoms with E-state index in [9.17, 15) is 19.5 Å². The van der Waals surface area contributed by atoms with Crippen LogP contribution in [0, 0.1) is 5.92 Å². The molecule has 10 nitrogen and oxygen atoms in total. The second-order valence-corrected chi connectivity index (χ2v) is 10.6. The summed E-state index contributed by atoms with van der Waals surface area (Å²) in [7, 11) is 3.29. The van der Waals surface area contributed by atoms with Gasteiger partial charge in [0, 0.05) is 26.6 Å². The van der Waals surface area contributed by atoms with Crippen molar-refractivity contribution in [3.8, 4) is 11.5 Å². The number of carbonyl (C=O) groups excluding carboxylic acids is 3. The van der Waals surface area contributed by atoms with Crippen LogP contribution in [-0.4, -0.2) is 88.8 Å². The average molecular weight is 574 g/mol. The minimum absolute atomic E-state index is 0.0507. The van der Waals surface area contributed by atoms with Crippen LogP contribution >= 0.6 is 0 Å². The molecular formula is C32H39N5O5. The van der Waals surface area contributed by atoms with E-state index in [1.165, 1.54) is 5.01 Å². The quantitative estimate of drug-likeness (QED) is 0.423. The van der Waals surface area contributed by atoms with Gasteiger partial charge in [-0.3, -0.25) is 9.59 Å². The fourth-order valence-corrected chi connectivity index (χ4v) is 5.53. The molecule has 0 aliphatic carbocycles. The van der Waals surface area contributed by atoms with Crippen molar-refractivity contribution in [1.82, 2.24) is 25.1 Å². The lowest BCUT2D eigenvalue weighted by Crippen LogP contribution is -2.76. The number of hydrogen-bond donors (Lipinski definition) is 2. The Hall–Kier alpha value is -4.57. The molecule has 0 bridgehead atoms. The molecule has 2 aromatic rings. The van der Waals surface area contributed by atoms with Gasteiger partial charge < -0.3 is 25.0 Å². The minimum Gasteiger partial charge on any atom is -0.508 e. The molecule has 2 aromatic carbocycles. The Bertz CT molecular complexity index is 1340. The maximum Gasteiger partial charge on any atom is 0.334 e. The molecule has 2 heterocycles. The van der Waals surface area contributed by atoms with E-state index in [1.54, 1.807) is 65.4 Å². The number of phenols is 1. The van der Waals surface area contributed by atoms with Gasteiger partial charge in [0.1, 0.15) is 23.7 Å². The van der Waals surface area contributed by atoms with Crippen LogP contribution in [0.5, 0.6) is 11.5 Å². The first-order valence-corrected chi connectivity index (χ1v) is 13.9. The van der Waals surface area contributed by atoms with Crippen molar-refractivity contribution in [1.29, 1.82) is 0 Å². The summed E-state index contributed by atoms with van der Waals surface area (Å²) in [5, 5.41) is 15.9. The predicted octanol–water partition coefficient (Wildman–Crippen LogP) is 3.32. The molecule has 2 unspecified atom stereocenters. The van der Waals surface area contributed by atoms with E-state index in [0.717, 1.165) is 22.4 Å². The van der Waals surface area contributed by atoms with Gasteiger partial charge in [-0.15, -0.1) is 0 Å². The van der Waals surface area contributed by atoms with Crippen molar-refractivity contribution in [2.45, 2.75) is 32.1 Å². The Morgan fingerprint density at radius 2 is 1.79 bits per heavy atom. The number of methoxy groups -OCH3 is 1. The molecule has 2 aliphatic heterocycles. The van der Waals surface area contributed by atoms with E-state index < -0.39 is 12.2 Å². The SMILES string of the molecule is C=C/C=C(\C=C)C(C)CN1C[C@H]2N(C(=O)CN(C)N2C(=O)NCc2ccc(OC)cc2)C(Cc2ccc(O)cc2)C1=O. The van der Waals surface area contributed by atoms with Crippen LogP contribution in [0.4, 0.5) is 4.79 Å². The van der Waals surface area contributed by atoms with Crippen molar-refractivity contribution in [3.05, 3.63) is 96.6 Å². The van der Waals surface area contributed by atoms with Gasteiger partial charge in [-0.2, -0.15) is 0 Å². The first-order chi connectivity index (χ1) is 20.2. The third-order valence-electron chi connectivity index (χ3n) is 7.73. The number of nitrogens with zero attached hydrogens (tertiary/aromatic N) is 4. The Balaban J connectivity index is 1.64. The Morgan fingerprint density at radius 1 is 1.12 bits per heavy atom. The number of likely N-dealkylation sites (N-methyl/N-ethyl adjacent to an activating group) is 1. The Labute approximate surface area is 247 Å². The monoisotopic (exact) mass is 573 g/mol. The number of hydrogen-bond acceptors (Lipinski definition) is 6. The van der Waals surface area contributed by atoms with Crippen molar-refractivity contribution < 1.29 is 24.2 Å². The molecule has 2 saturated heterocycles. The van der Waals surface area contributed by atoms with E-state index in [0.29, 0.717) is 6.54 Å². The van der Waals surface area contributed by atoms with E-state index in [2.05, 4.69) is 18.5 Å². The van der Waals surface area contributed by atoms with Gasteiger partial charge in [0.15, 0.2) is 0 Å². The molecule has 2 fully saturated rings. The number of allylic oxidation sites excluding steroid dienone is 3. The molecule has 2 N–H and O–H groups in total. The van der Waals surface area contributed by atoms with Crippen LogP contribution in [0.15, 0.2) is 85.5 Å². The number of ether oxygens (including phenoxy) is 1. The Kier molecular flexibility index (Phi) is 9.69. The first kappa shape index (κ1) is 30.4. The van der Waals surface area contributed by atoms with Crippen LogP contribution in [0.3, 0.4) is 0 Å². The van der Waals surface area contributed by atoms with E-state index in [-0.39, 0.29) is 55.6 Å². The van der Waals surface area contributed by atoms with Gasteiger partial charge in [-0.25, -0.2) is 14.8 Å². The fraction of sp³-hybridized carbons (Fsp3) is 0.344. The molecule has 10 heteroatoms. The number of nitrogens with one attached hydrogen (secondary N) is 1. The smallest absolute Gasteiger partial charge is 0.334 e. The maximum atomic E-state index is 14.0. The van der Waals surface area contributed by atoms with Gasteiger partial charge >= 0.3 is 6.03 Å². The summed E-state index contributed by atoms with van der Waals surface area (Å²) >= 11 is 0. The van der Waals surface area contributed by atoms with Crippen LogP contribution in [0.25, 0.3) is 0 Å².